The maximum atomic E-state index is 10.7. The Balaban J connectivity index is 2.83. The minimum Gasteiger partial charge on any atom is -0.507 e. The largest absolute Gasteiger partial charge is 0.507 e. The molecule has 0 aliphatic carbocycles. The van der Waals surface area contributed by atoms with Crippen LogP contribution in [-0.2, 0) is 0 Å². The average molecular weight is 177 g/mol. The summed E-state index contributed by atoms with van der Waals surface area (Å²) >= 11 is 0. The molecule has 2 aromatic rings. The van der Waals surface area contributed by atoms with E-state index in [0.29, 0.717) is 10.9 Å². The number of aromatic nitrogens is 1. The Hall–Kier alpha value is -1.97. The Labute approximate surface area is 73.6 Å². The van der Waals surface area contributed by atoms with E-state index in [1.165, 1.54) is 12.3 Å². The molecule has 2 rings (SSSR count). The van der Waals surface area contributed by atoms with Crippen molar-refractivity contribution in [3.05, 3.63) is 30.5 Å². The normalized spacial score (nSPS) is 10.5. The van der Waals surface area contributed by atoms with Crippen LogP contribution in [0.3, 0.4) is 0 Å². The minimum atomic E-state index is -1.06. The monoisotopic (exact) mass is 177 g/mol. The molecule has 0 saturated carbocycles. The quantitative estimate of drug-likeness (QED) is 0.645. The highest BCUT2D eigenvalue weighted by atomic mass is 16.4. The lowest BCUT2D eigenvalue weighted by atomic mass is 10.2. The van der Waals surface area contributed by atoms with Gasteiger partial charge in [0, 0.05) is 11.6 Å². The van der Waals surface area contributed by atoms with Crippen LogP contribution in [0.15, 0.2) is 30.5 Å². The number of hydrogen-bond acceptors (Lipinski definition) is 2. The minimum absolute atomic E-state index is 0.0949. The van der Waals surface area contributed by atoms with E-state index in [0.717, 1.165) is 4.57 Å². The zero-order chi connectivity index (χ0) is 9.42. The molecule has 0 bridgehead atoms. The zero-order valence-electron chi connectivity index (χ0n) is 6.64. The second kappa shape index (κ2) is 2.52. The third-order valence-corrected chi connectivity index (χ3v) is 1.92. The summed E-state index contributed by atoms with van der Waals surface area (Å²) in [4.78, 5) is 10.7. The molecule has 0 aliphatic heterocycles. The van der Waals surface area contributed by atoms with Gasteiger partial charge in [0.05, 0.1) is 5.52 Å². The van der Waals surface area contributed by atoms with Crippen LogP contribution in [0, 0.1) is 0 Å². The number of benzene rings is 1. The first-order chi connectivity index (χ1) is 6.20. The molecule has 13 heavy (non-hydrogen) atoms. The Morgan fingerprint density at radius 2 is 2.08 bits per heavy atom. The summed E-state index contributed by atoms with van der Waals surface area (Å²) in [6, 6.07) is 6.34. The topological polar surface area (TPSA) is 62.5 Å². The first kappa shape index (κ1) is 7.67. The first-order valence-corrected chi connectivity index (χ1v) is 3.72. The number of nitrogens with zero attached hydrogens (tertiary/aromatic N) is 1. The van der Waals surface area contributed by atoms with Crippen LogP contribution in [0.1, 0.15) is 0 Å². The van der Waals surface area contributed by atoms with Crippen molar-refractivity contribution in [1.82, 2.24) is 4.57 Å². The number of carbonyl (C=O) groups is 1. The van der Waals surface area contributed by atoms with Gasteiger partial charge < -0.3 is 10.2 Å². The maximum absolute atomic E-state index is 10.7. The lowest BCUT2D eigenvalue weighted by Gasteiger charge is -1.97. The van der Waals surface area contributed by atoms with Crippen molar-refractivity contribution in [1.29, 1.82) is 0 Å². The summed E-state index contributed by atoms with van der Waals surface area (Å²) in [6.07, 6.45) is 0.354. The Morgan fingerprint density at radius 3 is 2.77 bits per heavy atom. The smallest absolute Gasteiger partial charge is 0.416 e. The van der Waals surface area contributed by atoms with Crippen molar-refractivity contribution in [3.8, 4) is 5.75 Å². The van der Waals surface area contributed by atoms with Gasteiger partial charge in [-0.15, -0.1) is 0 Å². The fourth-order valence-corrected chi connectivity index (χ4v) is 1.32. The summed E-state index contributed by atoms with van der Waals surface area (Å²) in [7, 11) is 0. The van der Waals surface area contributed by atoms with E-state index in [2.05, 4.69) is 0 Å². The summed E-state index contributed by atoms with van der Waals surface area (Å²) in [5.41, 5.74) is 0.493. The van der Waals surface area contributed by atoms with Crippen LogP contribution in [0.5, 0.6) is 5.75 Å². The standard InChI is InChI=1S/C9H7NO3/c11-8-3-1-2-7-6(8)4-5-10(7)9(12)13/h1-5,11H,(H,12,13). The molecule has 66 valence electrons. The highest BCUT2D eigenvalue weighted by Gasteiger charge is 2.07. The molecule has 4 nitrogen and oxygen atoms in total. The van der Waals surface area contributed by atoms with E-state index < -0.39 is 6.09 Å². The number of hydrogen-bond donors (Lipinski definition) is 2. The van der Waals surface area contributed by atoms with Crippen LogP contribution < -0.4 is 0 Å². The van der Waals surface area contributed by atoms with Crippen molar-refractivity contribution in [2.24, 2.45) is 0 Å². The Morgan fingerprint density at radius 1 is 1.31 bits per heavy atom. The van der Waals surface area contributed by atoms with Crippen LogP contribution >= 0.6 is 0 Å². The highest BCUT2D eigenvalue weighted by Crippen LogP contribution is 2.24. The molecule has 0 atom stereocenters. The Kier molecular flexibility index (Phi) is 1.48. The van der Waals surface area contributed by atoms with Crippen LogP contribution in [-0.4, -0.2) is 20.9 Å². The third-order valence-electron chi connectivity index (χ3n) is 1.92. The van der Waals surface area contributed by atoms with E-state index >= 15 is 0 Å². The lowest BCUT2D eigenvalue weighted by Crippen LogP contribution is -2.05. The second-order valence-corrected chi connectivity index (χ2v) is 2.68. The molecule has 1 aromatic carbocycles. The molecule has 0 spiro atoms. The molecule has 1 aromatic heterocycles. The lowest BCUT2D eigenvalue weighted by molar-refractivity contribution is 0.197. The van der Waals surface area contributed by atoms with Gasteiger partial charge in [-0.1, -0.05) is 6.07 Å². The van der Waals surface area contributed by atoms with Gasteiger partial charge in [0.1, 0.15) is 5.75 Å². The van der Waals surface area contributed by atoms with Crippen molar-refractivity contribution >= 4 is 17.0 Å². The van der Waals surface area contributed by atoms with E-state index in [1.807, 2.05) is 0 Å². The molecular weight excluding hydrogens is 170 g/mol. The second-order valence-electron chi connectivity index (χ2n) is 2.68. The molecule has 0 amide bonds. The van der Waals surface area contributed by atoms with E-state index in [9.17, 15) is 9.90 Å². The van der Waals surface area contributed by atoms with Crippen molar-refractivity contribution in [2.45, 2.75) is 0 Å². The van der Waals surface area contributed by atoms with Crippen LogP contribution in [0.2, 0.25) is 0 Å². The van der Waals surface area contributed by atoms with E-state index in [-0.39, 0.29) is 5.75 Å². The predicted molar refractivity (Wildman–Crippen MR) is 47.0 cm³/mol. The van der Waals surface area contributed by atoms with Crippen LogP contribution in [0.4, 0.5) is 4.79 Å². The molecular formula is C9H7NO3. The highest BCUT2D eigenvalue weighted by molar-refractivity contribution is 5.92. The average Bonchev–Trinajstić information content (AvgIpc) is 2.48. The molecule has 0 radical (unpaired) electrons. The van der Waals surface area contributed by atoms with Gasteiger partial charge in [0.15, 0.2) is 0 Å². The van der Waals surface area contributed by atoms with Gasteiger partial charge in [-0.25, -0.2) is 4.79 Å². The number of phenols is 1. The zero-order valence-corrected chi connectivity index (χ0v) is 6.64. The molecule has 0 fully saturated rings. The van der Waals surface area contributed by atoms with Crippen molar-refractivity contribution < 1.29 is 15.0 Å². The maximum Gasteiger partial charge on any atom is 0.416 e. The fourth-order valence-electron chi connectivity index (χ4n) is 1.32. The molecule has 4 heteroatoms. The van der Waals surface area contributed by atoms with E-state index in [1.54, 1.807) is 18.2 Å². The summed E-state index contributed by atoms with van der Waals surface area (Å²) in [5, 5.41) is 18.7. The number of rotatable bonds is 0. The molecule has 2 N–H and O–H groups in total. The molecule has 0 saturated heterocycles. The van der Waals surface area contributed by atoms with Crippen LogP contribution in [0.25, 0.3) is 10.9 Å². The van der Waals surface area contributed by atoms with Crippen molar-refractivity contribution in [2.75, 3.05) is 0 Å². The summed E-state index contributed by atoms with van der Waals surface area (Å²) in [6.45, 7) is 0. The molecule has 1 heterocycles. The number of phenolic OH excluding ortho intramolecular Hbond substituents is 1. The third kappa shape index (κ3) is 1.03. The summed E-state index contributed by atoms with van der Waals surface area (Å²) < 4.78 is 1.06. The van der Waals surface area contributed by atoms with Gasteiger partial charge >= 0.3 is 6.09 Å². The predicted octanol–water partition coefficient (Wildman–Crippen LogP) is 1.87. The Bertz CT molecular complexity index is 473. The van der Waals surface area contributed by atoms with Gasteiger partial charge in [0.25, 0.3) is 0 Å². The first-order valence-electron chi connectivity index (χ1n) is 3.72. The molecule has 0 unspecified atom stereocenters. The van der Waals surface area contributed by atoms with Gasteiger partial charge in [-0.2, -0.15) is 0 Å². The van der Waals surface area contributed by atoms with E-state index in [4.69, 9.17) is 5.11 Å². The molecule has 0 aliphatic rings. The fraction of sp³-hybridized carbons (Fsp3) is 0. The van der Waals surface area contributed by atoms with Crippen molar-refractivity contribution in [3.63, 3.8) is 0 Å². The van der Waals surface area contributed by atoms with Gasteiger partial charge in [-0.3, -0.25) is 4.57 Å². The van der Waals surface area contributed by atoms with Gasteiger partial charge in [-0.05, 0) is 18.2 Å². The SMILES string of the molecule is O=C(O)n1ccc2c(O)cccc21. The number of aromatic hydroxyl groups is 1. The number of carboxylic acid groups (broad SMARTS) is 1. The number of fused-ring (bicyclic) bond motifs is 1. The summed E-state index contributed by atoms with van der Waals surface area (Å²) in [5.74, 6) is 0.0949. The van der Waals surface area contributed by atoms with Gasteiger partial charge in [0.2, 0.25) is 0 Å².